The molecule has 3 N–H and O–H groups in total. The van der Waals surface area contributed by atoms with E-state index in [1.807, 2.05) is 6.92 Å². The second-order valence-corrected chi connectivity index (χ2v) is 7.26. The van der Waals surface area contributed by atoms with Gasteiger partial charge in [-0.05, 0) is 19.8 Å². The maximum Gasteiger partial charge on any atom is 0.472 e. The Morgan fingerprint density at radius 1 is 1.56 bits per heavy atom. The van der Waals surface area contributed by atoms with Crippen molar-refractivity contribution in [3.63, 3.8) is 0 Å². The molecule has 1 fully saturated rings. The monoisotopic (exact) mass is 377 g/mol. The van der Waals surface area contributed by atoms with Gasteiger partial charge in [-0.1, -0.05) is 6.92 Å². The molecule has 0 saturated carbocycles. The van der Waals surface area contributed by atoms with E-state index in [9.17, 15) is 14.3 Å². The zero-order valence-electron chi connectivity index (χ0n) is 14.5. The lowest BCUT2D eigenvalue weighted by Gasteiger charge is -2.28. The number of rotatable bonds is 6. The molecular weight excluding hydrogens is 353 g/mol. The molecular formula is C14H24N3O7P. The van der Waals surface area contributed by atoms with Crippen LogP contribution < -0.4 is 11.4 Å². The predicted octanol–water partition coefficient (Wildman–Crippen LogP) is 0.980. The van der Waals surface area contributed by atoms with Gasteiger partial charge in [0.05, 0.1) is 12.7 Å². The van der Waals surface area contributed by atoms with Crippen LogP contribution in [0.15, 0.2) is 11.0 Å². The molecule has 0 radical (unpaired) electrons. The molecule has 11 heteroatoms. The summed E-state index contributed by atoms with van der Waals surface area (Å²) in [5.74, 6) is 0.134. The van der Waals surface area contributed by atoms with Crippen LogP contribution in [0, 0.1) is 6.92 Å². The highest BCUT2D eigenvalue weighted by Gasteiger charge is 2.34. The van der Waals surface area contributed by atoms with Crippen molar-refractivity contribution < 1.29 is 28.0 Å². The third kappa shape index (κ3) is 5.10. The highest BCUT2D eigenvalue weighted by molar-refractivity contribution is 7.47. The number of hydrogen-bond acceptors (Lipinski definition) is 8. The maximum atomic E-state index is 12.3. The van der Waals surface area contributed by atoms with Crippen molar-refractivity contribution in [3.8, 4) is 0 Å². The van der Waals surface area contributed by atoms with Crippen LogP contribution in [0.1, 0.15) is 31.6 Å². The van der Waals surface area contributed by atoms with Crippen LogP contribution in [-0.2, 0) is 23.1 Å². The van der Waals surface area contributed by atoms with Crippen LogP contribution in [-0.4, -0.2) is 47.0 Å². The summed E-state index contributed by atoms with van der Waals surface area (Å²) in [7, 11) is -3.12. The van der Waals surface area contributed by atoms with Gasteiger partial charge >= 0.3 is 13.5 Å². The molecule has 2 rings (SSSR count). The van der Waals surface area contributed by atoms with Gasteiger partial charge in [0.25, 0.3) is 0 Å². The Labute approximate surface area is 145 Å². The largest absolute Gasteiger partial charge is 0.472 e. The zero-order chi connectivity index (χ0) is 18.6. The number of aryl methyl sites for hydroxylation is 1. The standard InChI is InChI=1S/C14H24N3O7P/c1-4-10-5-6-22-11(8-23-25(19,20)21-3)13(24-10)17-7-9(2)12(15)16-14(17)18/h7,10-11,13H,4-6,8H2,1-3H3,(H,19,20)(H2,15,16,18)/t10?,11?,13-/m1/s1. The highest BCUT2D eigenvalue weighted by atomic mass is 31.2. The third-order valence-corrected chi connectivity index (χ3v) is 4.89. The minimum absolute atomic E-state index is 0.134. The quantitative estimate of drug-likeness (QED) is 0.695. The van der Waals surface area contributed by atoms with Gasteiger partial charge in [0.15, 0.2) is 6.23 Å². The number of nitrogens with zero attached hydrogens (tertiary/aromatic N) is 2. The van der Waals surface area contributed by atoms with E-state index in [0.29, 0.717) is 18.6 Å². The van der Waals surface area contributed by atoms with Crippen molar-refractivity contribution in [1.29, 1.82) is 0 Å². The number of aromatic nitrogens is 2. The number of phosphoric ester groups is 1. The van der Waals surface area contributed by atoms with Crippen molar-refractivity contribution in [1.82, 2.24) is 9.55 Å². The molecule has 0 aliphatic carbocycles. The zero-order valence-corrected chi connectivity index (χ0v) is 15.3. The number of phosphoric acid groups is 1. The molecule has 1 aliphatic heterocycles. The SMILES string of the molecule is CCC1CCOC(COP(=O)(O)OC)[C@H](n2cc(C)c(N)nc2=O)O1. The number of ether oxygens (including phenoxy) is 2. The highest BCUT2D eigenvalue weighted by Crippen LogP contribution is 2.42. The van der Waals surface area contributed by atoms with E-state index in [-0.39, 0.29) is 18.5 Å². The topological polar surface area (TPSA) is 135 Å². The van der Waals surface area contributed by atoms with Crippen molar-refractivity contribution in [2.45, 2.75) is 45.1 Å². The summed E-state index contributed by atoms with van der Waals surface area (Å²) in [5.41, 5.74) is 5.67. The minimum atomic E-state index is -4.18. The molecule has 0 aromatic carbocycles. The number of anilines is 1. The molecule has 1 aromatic heterocycles. The Morgan fingerprint density at radius 3 is 2.92 bits per heavy atom. The summed E-state index contributed by atoms with van der Waals surface area (Å²) in [6.45, 7) is 3.74. The second-order valence-electron chi connectivity index (χ2n) is 5.70. The van der Waals surface area contributed by atoms with Gasteiger partial charge in [-0.15, -0.1) is 0 Å². The molecule has 0 spiro atoms. The molecule has 1 aliphatic rings. The first-order valence-electron chi connectivity index (χ1n) is 7.92. The van der Waals surface area contributed by atoms with Crippen molar-refractivity contribution in [3.05, 3.63) is 22.2 Å². The average Bonchev–Trinajstić information content (AvgIpc) is 2.78. The Morgan fingerprint density at radius 2 is 2.28 bits per heavy atom. The fourth-order valence-electron chi connectivity index (χ4n) is 2.44. The van der Waals surface area contributed by atoms with Gasteiger partial charge in [0.2, 0.25) is 0 Å². The maximum absolute atomic E-state index is 12.3. The fourth-order valence-corrected chi connectivity index (χ4v) is 2.88. The molecule has 1 saturated heterocycles. The van der Waals surface area contributed by atoms with Crippen LogP contribution in [0.25, 0.3) is 0 Å². The number of nitrogen functional groups attached to an aromatic ring is 1. The lowest BCUT2D eigenvalue weighted by Crippen LogP contribution is -2.39. The molecule has 25 heavy (non-hydrogen) atoms. The van der Waals surface area contributed by atoms with Gasteiger partial charge in [-0.3, -0.25) is 13.6 Å². The Bertz CT molecular complexity index is 695. The van der Waals surface area contributed by atoms with Gasteiger partial charge < -0.3 is 20.1 Å². The van der Waals surface area contributed by atoms with Crippen LogP contribution in [0.2, 0.25) is 0 Å². The Hall–Kier alpha value is -1.29. The first-order valence-corrected chi connectivity index (χ1v) is 9.42. The number of hydrogen-bond donors (Lipinski definition) is 2. The molecule has 1 aromatic rings. The second kappa shape index (κ2) is 8.39. The van der Waals surface area contributed by atoms with Crippen molar-refractivity contribution in [2.75, 3.05) is 26.1 Å². The van der Waals surface area contributed by atoms with E-state index in [2.05, 4.69) is 9.51 Å². The van der Waals surface area contributed by atoms with Crippen molar-refractivity contribution in [2.24, 2.45) is 0 Å². The fraction of sp³-hybridized carbons (Fsp3) is 0.714. The van der Waals surface area contributed by atoms with Gasteiger partial charge in [0.1, 0.15) is 11.9 Å². The number of nitrogens with two attached hydrogens (primary N) is 1. The summed E-state index contributed by atoms with van der Waals surface area (Å²) in [6.07, 6.45) is 1.07. The average molecular weight is 377 g/mol. The van der Waals surface area contributed by atoms with E-state index >= 15 is 0 Å². The Kier molecular flexibility index (Phi) is 6.72. The van der Waals surface area contributed by atoms with E-state index in [4.69, 9.17) is 19.7 Å². The first kappa shape index (κ1) is 20.0. The van der Waals surface area contributed by atoms with E-state index in [1.165, 1.54) is 10.8 Å². The molecule has 3 unspecified atom stereocenters. The molecule has 2 heterocycles. The smallest absolute Gasteiger partial charge is 0.383 e. The summed E-state index contributed by atoms with van der Waals surface area (Å²) in [4.78, 5) is 25.5. The molecule has 10 nitrogen and oxygen atoms in total. The lowest BCUT2D eigenvalue weighted by atomic mass is 10.2. The molecule has 142 valence electrons. The van der Waals surface area contributed by atoms with Gasteiger partial charge in [-0.2, -0.15) is 4.98 Å². The van der Waals surface area contributed by atoms with Crippen LogP contribution in [0.3, 0.4) is 0 Å². The third-order valence-electron chi connectivity index (χ3n) is 3.96. The summed E-state index contributed by atoms with van der Waals surface area (Å²) < 4.78 is 33.8. The van der Waals surface area contributed by atoms with Crippen LogP contribution >= 0.6 is 7.82 Å². The van der Waals surface area contributed by atoms with Gasteiger partial charge in [-0.25, -0.2) is 9.36 Å². The minimum Gasteiger partial charge on any atom is -0.383 e. The first-order chi connectivity index (χ1) is 11.8. The van der Waals surface area contributed by atoms with Crippen LogP contribution in [0.4, 0.5) is 5.82 Å². The normalized spacial score (nSPS) is 26.8. The summed E-state index contributed by atoms with van der Waals surface area (Å²) >= 11 is 0. The van der Waals surface area contributed by atoms with Gasteiger partial charge in [0, 0.05) is 25.5 Å². The van der Waals surface area contributed by atoms with E-state index in [0.717, 1.165) is 13.5 Å². The lowest BCUT2D eigenvalue weighted by molar-refractivity contribution is -0.118. The predicted molar refractivity (Wildman–Crippen MR) is 89.0 cm³/mol. The van der Waals surface area contributed by atoms with E-state index in [1.54, 1.807) is 6.92 Å². The van der Waals surface area contributed by atoms with Crippen molar-refractivity contribution >= 4 is 13.6 Å². The summed E-state index contributed by atoms with van der Waals surface area (Å²) in [5, 5.41) is 0. The Balaban J connectivity index is 2.33. The molecule has 4 atom stereocenters. The molecule has 0 bridgehead atoms. The van der Waals surface area contributed by atoms with E-state index < -0.39 is 25.8 Å². The van der Waals surface area contributed by atoms with Crippen LogP contribution in [0.5, 0.6) is 0 Å². The molecule has 0 amide bonds. The summed E-state index contributed by atoms with van der Waals surface area (Å²) in [6, 6.07) is 0.